The highest BCUT2D eigenvalue weighted by Gasteiger charge is 2.10. The third-order valence-electron chi connectivity index (χ3n) is 2.89. The van der Waals surface area contributed by atoms with E-state index in [9.17, 15) is 0 Å². The first-order valence-electron chi connectivity index (χ1n) is 5.92. The zero-order chi connectivity index (χ0) is 12.1. The lowest BCUT2D eigenvalue weighted by Crippen LogP contribution is -2.36. The standard InChI is InChI=1S/C13H19N3O/c1-16-9-8-15-13(16)14-7-6-11-4-3-5-12(10-11)17-2/h3-5,10H,6-9H2,1-2H3,(H,14,15). The zero-order valence-corrected chi connectivity index (χ0v) is 10.4. The number of rotatable bonds is 4. The van der Waals surface area contributed by atoms with Crippen LogP contribution in [0.2, 0.25) is 0 Å². The van der Waals surface area contributed by atoms with E-state index in [1.807, 2.05) is 12.1 Å². The van der Waals surface area contributed by atoms with E-state index in [0.717, 1.165) is 37.8 Å². The van der Waals surface area contributed by atoms with Crippen molar-refractivity contribution in [2.75, 3.05) is 33.8 Å². The Morgan fingerprint density at radius 1 is 1.47 bits per heavy atom. The molecule has 1 aliphatic heterocycles. The third-order valence-corrected chi connectivity index (χ3v) is 2.89. The number of guanidine groups is 1. The highest BCUT2D eigenvalue weighted by atomic mass is 16.5. The molecule has 17 heavy (non-hydrogen) atoms. The van der Waals surface area contributed by atoms with Crippen LogP contribution in [0.1, 0.15) is 5.56 Å². The molecule has 0 fully saturated rings. The van der Waals surface area contributed by atoms with Gasteiger partial charge in [-0.3, -0.25) is 4.99 Å². The Morgan fingerprint density at radius 3 is 3.06 bits per heavy atom. The van der Waals surface area contributed by atoms with Crippen molar-refractivity contribution >= 4 is 5.96 Å². The Kier molecular flexibility index (Phi) is 3.85. The molecule has 92 valence electrons. The van der Waals surface area contributed by atoms with E-state index >= 15 is 0 Å². The number of nitrogens with one attached hydrogen (secondary N) is 1. The predicted octanol–water partition coefficient (Wildman–Crippen LogP) is 1.13. The van der Waals surface area contributed by atoms with Gasteiger partial charge in [0.2, 0.25) is 0 Å². The van der Waals surface area contributed by atoms with Crippen molar-refractivity contribution in [1.82, 2.24) is 10.2 Å². The summed E-state index contributed by atoms with van der Waals surface area (Å²) in [5.74, 6) is 1.92. The number of benzene rings is 1. The van der Waals surface area contributed by atoms with Crippen molar-refractivity contribution in [3.05, 3.63) is 29.8 Å². The summed E-state index contributed by atoms with van der Waals surface area (Å²) in [6.45, 7) is 2.82. The van der Waals surface area contributed by atoms with Gasteiger partial charge in [-0.1, -0.05) is 12.1 Å². The summed E-state index contributed by atoms with van der Waals surface area (Å²) < 4.78 is 5.20. The van der Waals surface area contributed by atoms with Gasteiger partial charge in [-0.15, -0.1) is 0 Å². The number of ether oxygens (including phenoxy) is 1. The maximum absolute atomic E-state index is 5.20. The molecular weight excluding hydrogens is 214 g/mol. The molecule has 0 saturated heterocycles. The molecule has 1 N–H and O–H groups in total. The van der Waals surface area contributed by atoms with Crippen molar-refractivity contribution in [2.45, 2.75) is 6.42 Å². The molecule has 1 heterocycles. The Labute approximate surface area is 102 Å². The van der Waals surface area contributed by atoms with Crippen LogP contribution in [0.5, 0.6) is 5.75 Å². The molecule has 0 spiro atoms. The average Bonchev–Trinajstić information content (AvgIpc) is 2.76. The Morgan fingerprint density at radius 2 is 2.35 bits per heavy atom. The molecule has 0 saturated carbocycles. The molecule has 0 atom stereocenters. The second-order valence-corrected chi connectivity index (χ2v) is 4.16. The lowest BCUT2D eigenvalue weighted by atomic mass is 10.1. The maximum atomic E-state index is 5.20. The summed E-state index contributed by atoms with van der Waals surface area (Å²) in [5.41, 5.74) is 1.28. The minimum Gasteiger partial charge on any atom is -0.497 e. The molecule has 0 aromatic heterocycles. The molecule has 1 aliphatic rings. The van der Waals surface area contributed by atoms with Gasteiger partial charge in [0.05, 0.1) is 13.7 Å². The van der Waals surface area contributed by atoms with Gasteiger partial charge in [-0.05, 0) is 24.1 Å². The van der Waals surface area contributed by atoms with Crippen LogP contribution in [-0.4, -0.2) is 44.7 Å². The number of methoxy groups -OCH3 is 1. The molecular formula is C13H19N3O. The first kappa shape index (κ1) is 11.8. The number of likely N-dealkylation sites (N-methyl/N-ethyl adjacent to an activating group) is 1. The van der Waals surface area contributed by atoms with E-state index in [0.29, 0.717) is 0 Å². The van der Waals surface area contributed by atoms with E-state index in [1.54, 1.807) is 7.11 Å². The van der Waals surface area contributed by atoms with Gasteiger partial charge < -0.3 is 15.0 Å². The summed E-state index contributed by atoms with van der Waals surface area (Å²) in [7, 11) is 3.75. The number of hydrogen-bond acceptors (Lipinski definition) is 4. The second kappa shape index (κ2) is 5.57. The Bertz CT molecular complexity index is 403. The topological polar surface area (TPSA) is 36.9 Å². The molecule has 4 nitrogen and oxygen atoms in total. The largest absolute Gasteiger partial charge is 0.497 e. The molecule has 0 aliphatic carbocycles. The minimum atomic E-state index is 0.899. The smallest absolute Gasteiger partial charge is 0.193 e. The number of aliphatic imine (C=N–C) groups is 1. The predicted molar refractivity (Wildman–Crippen MR) is 69.6 cm³/mol. The van der Waals surface area contributed by atoms with Crippen molar-refractivity contribution < 1.29 is 4.74 Å². The van der Waals surface area contributed by atoms with Gasteiger partial charge in [0.15, 0.2) is 5.96 Å². The van der Waals surface area contributed by atoms with E-state index in [4.69, 9.17) is 4.74 Å². The molecule has 1 aromatic carbocycles. The summed E-state index contributed by atoms with van der Waals surface area (Å²) in [6, 6.07) is 8.17. The first-order valence-corrected chi connectivity index (χ1v) is 5.92. The van der Waals surface area contributed by atoms with Gasteiger partial charge in [-0.2, -0.15) is 0 Å². The van der Waals surface area contributed by atoms with E-state index < -0.39 is 0 Å². The molecule has 0 amide bonds. The fourth-order valence-corrected chi connectivity index (χ4v) is 1.87. The minimum absolute atomic E-state index is 0.899. The van der Waals surface area contributed by atoms with Crippen LogP contribution in [0.25, 0.3) is 0 Å². The monoisotopic (exact) mass is 233 g/mol. The maximum Gasteiger partial charge on any atom is 0.193 e. The molecule has 1 aromatic rings. The van der Waals surface area contributed by atoms with Crippen LogP contribution < -0.4 is 10.1 Å². The Balaban J connectivity index is 1.81. The lowest BCUT2D eigenvalue weighted by Gasteiger charge is -2.15. The zero-order valence-electron chi connectivity index (χ0n) is 10.4. The van der Waals surface area contributed by atoms with Crippen LogP contribution in [0.15, 0.2) is 29.3 Å². The first-order chi connectivity index (χ1) is 8.29. The molecule has 4 heteroatoms. The van der Waals surface area contributed by atoms with Crippen molar-refractivity contribution in [2.24, 2.45) is 4.99 Å². The second-order valence-electron chi connectivity index (χ2n) is 4.16. The summed E-state index contributed by atoms with van der Waals surface area (Å²) >= 11 is 0. The van der Waals surface area contributed by atoms with Crippen LogP contribution >= 0.6 is 0 Å². The highest BCUT2D eigenvalue weighted by molar-refractivity contribution is 5.81. The van der Waals surface area contributed by atoms with Gasteiger partial charge in [-0.25, -0.2) is 0 Å². The van der Waals surface area contributed by atoms with Crippen molar-refractivity contribution in [1.29, 1.82) is 0 Å². The molecule has 0 unspecified atom stereocenters. The third kappa shape index (κ3) is 3.12. The quantitative estimate of drug-likeness (QED) is 0.847. The van der Waals surface area contributed by atoms with Crippen molar-refractivity contribution in [3.8, 4) is 5.75 Å². The van der Waals surface area contributed by atoms with Crippen LogP contribution in [0.4, 0.5) is 0 Å². The fraction of sp³-hybridized carbons (Fsp3) is 0.462. The summed E-state index contributed by atoms with van der Waals surface area (Å²) in [4.78, 5) is 6.53. The van der Waals surface area contributed by atoms with Gasteiger partial charge in [0.25, 0.3) is 0 Å². The molecule has 0 radical (unpaired) electrons. The average molecular weight is 233 g/mol. The normalized spacial score (nSPS) is 14.7. The van der Waals surface area contributed by atoms with Gasteiger partial charge in [0.1, 0.15) is 5.75 Å². The van der Waals surface area contributed by atoms with E-state index in [2.05, 4.69) is 34.4 Å². The number of nitrogens with zero attached hydrogens (tertiary/aromatic N) is 2. The summed E-state index contributed by atoms with van der Waals surface area (Å²) in [5, 5.41) is 3.35. The molecule has 0 bridgehead atoms. The van der Waals surface area contributed by atoms with Crippen LogP contribution in [-0.2, 0) is 6.42 Å². The molecule has 2 rings (SSSR count). The van der Waals surface area contributed by atoms with Gasteiger partial charge in [0, 0.05) is 20.1 Å². The van der Waals surface area contributed by atoms with Crippen LogP contribution in [0, 0.1) is 0 Å². The summed E-state index contributed by atoms with van der Waals surface area (Å²) in [6.07, 6.45) is 0.976. The fourth-order valence-electron chi connectivity index (χ4n) is 1.87. The highest BCUT2D eigenvalue weighted by Crippen LogP contribution is 2.12. The van der Waals surface area contributed by atoms with Crippen LogP contribution in [0.3, 0.4) is 0 Å². The number of hydrogen-bond donors (Lipinski definition) is 1. The lowest BCUT2D eigenvalue weighted by molar-refractivity contribution is 0.414. The van der Waals surface area contributed by atoms with Gasteiger partial charge >= 0.3 is 0 Å². The van der Waals surface area contributed by atoms with E-state index in [1.165, 1.54) is 5.56 Å². The Hall–Kier alpha value is -1.71. The van der Waals surface area contributed by atoms with Crippen molar-refractivity contribution in [3.63, 3.8) is 0 Å². The van der Waals surface area contributed by atoms with E-state index in [-0.39, 0.29) is 0 Å². The SMILES string of the molecule is COc1cccc(CCNC2=NCCN2C)c1.